The summed E-state index contributed by atoms with van der Waals surface area (Å²) in [7, 11) is 0. The van der Waals surface area contributed by atoms with E-state index in [0.29, 0.717) is 23.6 Å². The monoisotopic (exact) mass is 462 g/mol. The van der Waals surface area contributed by atoms with Crippen LogP contribution in [0.2, 0.25) is 5.02 Å². The molecule has 0 radical (unpaired) electrons. The number of carbonyl (C=O) groups is 3. The van der Waals surface area contributed by atoms with Crippen molar-refractivity contribution in [3.8, 4) is 0 Å². The first-order chi connectivity index (χ1) is 15.1. The van der Waals surface area contributed by atoms with Crippen molar-refractivity contribution in [2.45, 2.75) is 50.0 Å². The molecule has 2 amide bonds. The van der Waals surface area contributed by atoms with E-state index in [1.165, 1.54) is 9.80 Å². The second kappa shape index (κ2) is 7.86. The Kier molecular flexibility index (Phi) is 5.59. The third-order valence-electron chi connectivity index (χ3n) is 7.17. The normalized spacial score (nSPS) is 33.8. The molecule has 32 heavy (non-hydrogen) atoms. The van der Waals surface area contributed by atoms with Gasteiger partial charge in [0.2, 0.25) is 5.91 Å². The quantitative estimate of drug-likeness (QED) is 0.601. The lowest BCUT2D eigenvalue weighted by atomic mass is 9.66. The summed E-state index contributed by atoms with van der Waals surface area (Å²) in [6.07, 6.45) is 2.39. The van der Waals surface area contributed by atoms with Gasteiger partial charge in [0.25, 0.3) is 5.91 Å². The third-order valence-corrected chi connectivity index (χ3v) is 7.42. The molecule has 2 bridgehead atoms. The number of halogens is 1. The van der Waals surface area contributed by atoms with Crippen LogP contribution in [0.5, 0.6) is 0 Å². The molecule has 1 aromatic carbocycles. The van der Waals surface area contributed by atoms with Crippen LogP contribution in [-0.2, 0) is 19.1 Å². The van der Waals surface area contributed by atoms with Crippen molar-refractivity contribution < 1.29 is 29.3 Å². The predicted molar refractivity (Wildman–Crippen MR) is 117 cm³/mol. The highest BCUT2D eigenvalue weighted by molar-refractivity contribution is 6.30. The molecule has 3 heterocycles. The van der Waals surface area contributed by atoms with E-state index in [1.807, 2.05) is 0 Å². The molecule has 1 spiro atoms. The fraction of sp³-hybridized carbons (Fsp3) is 0.522. The van der Waals surface area contributed by atoms with Crippen LogP contribution in [0.4, 0.5) is 5.69 Å². The van der Waals surface area contributed by atoms with Crippen molar-refractivity contribution in [1.29, 1.82) is 0 Å². The van der Waals surface area contributed by atoms with Crippen LogP contribution in [0.1, 0.15) is 26.7 Å². The van der Waals surface area contributed by atoms with Crippen molar-refractivity contribution in [2.24, 2.45) is 11.8 Å². The number of carbonyl (C=O) groups excluding carboxylic acids is 2. The Morgan fingerprint density at radius 2 is 2.03 bits per heavy atom. The summed E-state index contributed by atoms with van der Waals surface area (Å²) in [5.74, 6) is -4.03. The molecule has 172 valence electrons. The Morgan fingerprint density at radius 3 is 2.59 bits per heavy atom. The molecule has 0 aromatic heterocycles. The summed E-state index contributed by atoms with van der Waals surface area (Å²) in [5.41, 5.74) is -1.72. The maximum Gasteiger partial charge on any atom is 0.310 e. The molecule has 2 unspecified atom stereocenters. The zero-order valence-electron chi connectivity index (χ0n) is 18.0. The van der Waals surface area contributed by atoms with Gasteiger partial charge >= 0.3 is 5.97 Å². The molecular weight excluding hydrogens is 436 g/mol. The number of carboxylic acid groups (broad SMARTS) is 1. The SMILES string of the molecule is C=CCN(C(=O)C1N([C@H](C)CO)C(=O)[C@@H]2[C@@H](C(=O)O)[C@@]3(C)CCC12O3)c1ccc(Cl)cc1. The highest BCUT2D eigenvalue weighted by atomic mass is 35.5. The van der Waals surface area contributed by atoms with E-state index in [9.17, 15) is 24.6 Å². The Bertz CT molecular complexity index is 968. The van der Waals surface area contributed by atoms with Crippen molar-refractivity contribution in [2.75, 3.05) is 18.1 Å². The van der Waals surface area contributed by atoms with Gasteiger partial charge in [-0.3, -0.25) is 14.4 Å². The second-order valence-corrected chi connectivity index (χ2v) is 9.49. The zero-order chi connectivity index (χ0) is 23.4. The number of aliphatic hydroxyl groups is 1. The number of ether oxygens (including phenoxy) is 1. The Morgan fingerprint density at radius 1 is 1.38 bits per heavy atom. The number of carboxylic acids is 1. The third kappa shape index (κ3) is 3.08. The first-order valence-electron chi connectivity index (χ1n) is 10.6. The fourth-order valence-electron chi connectivity index (χ4n) is 5.80. The number of likely N-dealkylation sites (tertiary alicyclic amines) is 1. The molecule has 0 saturated carbocycles. The van der Waals surface area contributed by atoms with E-state index in [-0.39, 0.29) is 13.2 Å². The average Bonchev–Trinajstić information content (AvgIpc) is 3.32. The molecule has 8 nitrogen and oxygen atoms in total. The van der Waals surface area contributed by atoms with Crippen LogP contribution >= 0.6 is 11.6 Å². The number of nitrogens with zero attached hydrogens (tertiary/aromatic N) is 2. The van der Waals surface area contributed by atoms with E-state index in [4.69, 9.17) is 16.3 Å². The molecule has 9 heteroatoms. The van der Waals surface area contributed by atoms with Crippen molar-refractivity contribution in [3.05, 3.63) is 41.9 Å². The van der Waals surface area contributed by atoms with Gasteiger partial charge in [0, 0.05) is 17.3 Å². The predicted octanol–water partition coefficient (Wildman–Crippen LogP) is 2.09. The smallest absolute Gasteiger partial charge is 0.310 e. The maximum absolute atomic E-state index is 14.0. The number of anilines is 1. The van der Waals surface area contributed by atoms with Gasteiger partial charge in [-0.25, -0.2) is 0 Å². The number of benzene rings is 1. The summed E-state index contributed by atoms with van der Waals surface area (Å²) in [6.45, 7) is 6.90. The minimum Gasteiger partial charge on any atom is -0.481 e. The number of aliphatic carboxylic acids is 1. The number of hydrogen-bond donors (Lipinski definition) is 2. The minimum atomic E-state index is -1.26. The zero-order valence-corrected chi connectivity index (χ0v) is 18.8. The van der Waals surface area contributed by atoms with Crippen LogP contribution in [-0.4, -0.2) is 69.3 Å². The second-order valence-electron chi connectivity index (χ2n) is 9.06. The molecule has 3 aliphatic rings. The minimum absolute atomic E-state index is 0.173. The van der Waals surface area contributed by atoms with E-state index in [1.54, 1.807) is 44.2 Å². The molecular formula is C23H27ClN2O6. The molecule has 1 aromatic rings. The van der Waals surface area contributed by atoms with E-state index in [2.05, 4.69) is 6.58 Å². The lowest BCUT2D eigenvalue weighted by Gasteiger charge is -2.38. The summed E-state index contributed by atoms with van der Waals surface area (Å²) >= 11 is 6.01. The van der Waals surface area contributed by atoms with E-state index < -0.39 is 52.9 Å². The first kappa shape index (κ1) is 22.8. The number of rotatable bonds is 7. The first-order valence-corrected chi connectivity index (χ1v) is 11.0. The number of amides is 2. The van der Waals surface area contributed by atoms with Crippen LogP contribution in [0.25, 0.3) is 0 Å². The maximum atomic E-state index is 14.0. The van der Waals surface area contributed by atoms with E-state index >= 15 is 0 Å². The lowest BCUT2D eigenvalue weighted by molar-refractivity contribution is -0.155. The van der Waals surface area contributed by atoms with Gasteiger partial charge in [-0.15, -0.1) is 6.58 Å². The van der Waals surface area contributed by atoms with E-state index in [0.717, 1.165) is 0 Å². The molecule has 3 aliphatic heterocycles. The lowest BCUT2D eigenvalue weighted by Crippen LogP contribution is -2.58. The van der Waals surface area contributed by atoms with Crippen molar-refractivity contribution in [3.63, 3.8) is 0 Å². The fourth-order valence-corrected chi connectivity index (χ4v) is 5.93. The van der Waals surface area contributed by atoms with Gasteiger partial charge in [0.15, 0.2) is 0 Å². The van der Waals surface area contributed by atoms with Crippen LogP contribution in [0.3, 0.4) is 0 Å². The summed E-state index contributed by atoms with van der Waals surface area (Å²) in [6, 6.07) is 4.97. The number of hydrogen-bond acceptors (Lipinski definition) is 5. The van der Waals surface area contributed by atoms with Gasteiger partial charge in [-0.05, 0) is 51.0 Å². The number of aliphatic hydroxyl groups excluding tert-OH is 1. The van der Waals surface area contributed by atoms with Crippen LogP contribution < -0.4 is 4.90 Å². The Labute approximate surface area is 191 Å². The average molecular weight is 463 g/mol. The molecule has 3 saturated heterocycles. The van der Waals surface area contributed by atoms with Gasteiger partial charge in [-0.2, -0.15) is 0 Å². The van der Waals surface area contributed by atoms with Crippen LogP contribution in [0.15, 0.2) is 36.9 Å². The van der Waals surface area contributed by atoms with Gasteiger partial charge in [-0.1, -0.05) is 17.7 Å². The summed E-state index contributed by atoms with van der Waals surface area (Å²) in [4.78, 5) is 42.6. The Balaban J connectivity index is 1.83. The highest BCUT2D eigenvalue weighted by Crippen LogP contribution is 2.63. The molecule has 6 atom stereocenters. The molecule has 2 N–H and O–H groups in total. The number of fused-ring (bicyclic) bond motifs is 1. The summed E-state index contributed by atoms with van der Waals surface area (Å²) < 4.78 is 6.34. The topological polar surface area (TPSA) is 107 Å². The molecule has 3 fully saturated rings. The summed E-state index contributed by atoms with van der Waals surface area (Å²) in [5, 5.41) is 20.3. The highest BCUT2D eigenvalue weighted by Gasteiger charge is 2.78. The van der Waals surface area contributed by atoms with Gasteiger partial charge in [0.1, 0.15) is 11.6 Å². The van der Waals surface area contributed by atoms with Crippen molar-refractivity contribution >= 4 is 35.1 Å². The van der Waals surface area contributed by atoms with Crippen molar-refractivity contribution in [1.82, 2.24) is 4.90 Å². The standard InChI is InChI=1S/C23H27ClN2O6/c1-4-11-25(15-7-5-14(24)6-8-15)20(29)18-23-10-9-22(3,32-23)17(21(30)31)16(23)19(28)26(18)13(2)12-27/h4-8,13,16-18,27H,1,9-12H2,2-3H3,(H,30,31)/t13-,16+,17+,18?,22-,23?/m1/s1. The molecule has 0 aliphatic carbocycles. The van der Waals surface area contributed by atoms with Crippen LogP contribution in [0, 0.1) is 11.8 Å². The van der Waals surface area contributed by atoms with Gasteiger partial charge in [0.05, 0.1) is 30.1 Å². The largest absolute Gasteiger partial charge is 0.481 e. The molecule has 4 rings (SSSR count). The van der Waals surface area contributed by atoms with Gasteiger partial charge < -0.3 is 24.7 Å². The Hall–Kier alpha value is -2.42.